The van der Waals surface area contributed by atoms with E-state index in [4.69, 9.17) is 5.11 Å². The number of allylic oxidation sites excluding steroid dienone is 8. The zero-order chi connectivity index (χ0) is 12.6. The van der Waals surface area contributed by atoms with E-state index in [0.29, 0.717) is 0 Å². The number of hydrogen-bond donors (Lipinski definition) is 1. The number of hydrogen-bond acceptors (Lipinski definition) is 1. The molecule has 2 aliphatic rings. The second-order valence-corrected chi connectivity index (χ2v) is 3.79. The van der Waals surface area contributed by atoms with Crippen LogP contribution in [0.25, 0.3) is 0 Å². The van der Waals surface area contributed by atoms with E-state index in [1.165, 1.54) is 22.3 Å². The summed E-state index contributed by atoms with van der Waals surface area (Å²) in [5.74, 6) is 0. The molecule has 0 aromatic rings. The van der Waals surface area contributed by atoms with Crippen molar-refractivity contribution < 1.29 is 43.7 Å². The molecule has 1 radical (unpaired) electrons. The Morgan fingerprint density at radius 1 is 0.833 bits per heavy atom. The quantitative estimate of drug-likeness (QED) is 0.644. The first-order valence-corrected chi connectivity index (χ1v) is 5.55. The first kappa shape index (κ1) is 23.2. The molecule has 0 aliphatic heterocycles. The van der Waals surface area contributed by atoms with Gasteiger partial charge in [0.15, 0.2) is 0 Å². The second-order valence-electron chi connectivity index (χ2n) is 3.79. The molecule has 1 N–H and O–H groups in total. The van der Waals surface area contributed by atoms with Crippen LogP contribution in [-0.2, 0) is 26.2 Å². The van der Waals surface area contributed by atoms with Gasteiger partial charge in [0.1, 0.15) is 0 Å². The number of halogens is 1. The fraction of sp³-hybridized carbons (Fsp3) is 0.467. The van der Waals surface area contributed by atoms with Crippen LogP contribution < -0.4 is 12.4 Å². The SMILES string of the molecule is CC1=[C-]CC=C1C.CC1=[C-]CC=C1C.CO.[Cl-].[Zr+3]. The van der Waals surface area contributed by atoms with Crippen molar-refractivity contribution in [1.29, 1.82) is 0 Å². The van der Waals surface area contributed by atoms with Gasteiger partial charge >= 0.3 is 26.2 Å². The molecule has 0 aromatic heterocycles. The average Bonchev–Trinajstić information content (AvgIpc) is 2.83. The molecule has 2 aliphatic carbocycles. The van der Waals surface area contributed by atoms with Gasteiger partial charge in [0.2, 0.25) is 0 Å². The van der Waals surface area contributed by atoms with Crippen molar-refractivity contribution in [2.45, 2.75) is 40.5 Å². The predicted octanol–water partition coefficient (Wildman–Crippen LogP) is 0.782. The molecule has 0 fully saturated rings. The molecular weight excluding hydrogens is 323 g/mol. The molecule has 0 saturated carbocycles. The maximum atomic E-state index is 7.00. The summed E-state index contributed by atoms with van der Waals surface area (Å²) in [5, 5.41) is 7.00. The van der Waals surface area contributed by atoms with Crippen LogP contribution in [0.4, 0.5) is 0 Å². The summed E-state index contributed by atoms with van der Waals surface area (Å²) in [7, 11) is 1.00. The second kappa shape index (κ2) is 13.5. The maximum absolute atomic E-state index is 7.00. The van der Waals surface area contributed by atoms with Crippen molar-refractivity contribution in [3.8, 4) is 0 Å². The van der Waals surface area contributed by atoms with Gasteiger partial charge in [0, 0.05) is 7.11 Å². The van der Waals surface area contributed by atoms with Crippen molar-refractivity contribution in [2.75, 3.05) is 7.11 Å². The van der Waals surface area contributed by atoms with Crippen molar-refractivity contribution in [1.82, 2.24) is 0 Å². The van der Waals surface area contributed by atoms with E-state index in [1.54, 1.807) is 0 Å². The third kappa shape index (κ3) is 9.08. The van der Waals surface area contributed by atoms with Crippen LogP contribution in [0, 0.1) is 12.2 Å². The van der Waals surface area contributed by atoms with Crippen molar-refractivity contribution in [3.63, 3.8) is 0 Å². The smallest absolute Gasteiger partial charge is 1.00 e. The molecule has 0 amide bonds. The summed E-state index contributed by atoms with van der Waals surface area (Å²) < 4.78 is 0. The van der Waals surface area contributed by atoms with Gasteiger partial charge in [-0.3, -0.25) is 12.2 Å². The fourth-order valence-corrected chi connectivity index (χ4v) is 1.30. The van der Waals surface area contributed by atoms with E-state index in [0.717, 1.165) is 20.0 Å². The van der Waals surface area contributed by atoms with Gasteiger partial charge in [-0.15, -0.1) is 26.7 Å². The topological polar surface area (TPSA) is 20.2 Å². The standard InChI is InChI=1S/2C7H9.CH4O.ClH.Zr/c2*1-6-4-3-5-7(6)2;1-2;;/h2*4H,3H2,1-2H3;2H,1H3;1H;/q2*-1;;;+3/p-1. The molecule has 99 valence electrons. The first-order valence-electron chi connectivity index (χ1n) is 5.55. The van der Waals surface area contributed by atoms with Crippen LogP contribution in [0.3, 0.4) is 0 Å². The molecule has 0 saturated heterocycles. The van der Waals surface area contributed by atoms with Gasteiger partial charge < -0.3 is 17.5 Å². The Morgan fingerprint density at radius 2 is 1.11 bits per heavy atom. The largest absolute Gasteiger partial charge is 3.00 e. The van der Waals surface area contributed by atoms with Crippen LogP contribution in [0.2, 0.25) is 0 Å². The van der Waals surface area contributed by atoms with Gasteiger partial charge in [-0.25, -0.2) is 22.3 Å². The molecule has 18 heavy (non-hydrogen) atoms. The number of aliphatic hydroxyl groups is 1. The normalized spacial score (nSPS) is 15.2. The molecule has 1 nitrogen and oxygen atoms in total. The summed E-state index contributed by atoms with van der Waals surface area (Å²) >= 11 is 0. The Morgan fingerprint density at radius 3 is 1.17 bits per heavy atom. The Bertz CT molecular complexity index is 272. The van der Waals surface area contributed by atoms with Crippen molar-refractivity contribution >= 4 is 0 Å². The van der Waals surface area contributed by atoms with Gasteiger partial charge in [-0.05, 0) is 0 Å². The molecule has 0 aromatic carbocycles. The summed E-state index contributed by atoms with van der Waals surface area (Å²) in [6, 6.07) is 0. The summed E-state index contributed by atoms with van der Waals surface area (Å²) in [6.07, 6.45) is 12.8. The third-order valence-electron chi connectivity index (χ3n) is 2.73. The monoisotopic (exact) mass is 343 g/mol. The molecule has 0 heterocycles. The van der Waals surface area contributed by atoms with Gasteiger partial charge in [0.05, 0.1) is 0 Å². The van der Waals surface area contributed by atoms with Crippen molar-refractivity contribution in [3.05, 3.63) is 46.6 Å². The molecule has 2 rings (SSSR count). The van der Waals surface area contributed by atoms with Crippen LogP contribution in [-0.4, -0.2) is 12.2 Å². The summed E-state index contributed by atoms with van der Waals surface area (Å²) in [5.41, 5.74) is 5.42. The minimum absolute atomic E-state index is 0. The minimum atomic E-state index is 0. The fourth-order valence-electron chi connectivity index (χ4n) is 1.30. The van der Waals surface area contributed by atoms with E-state index >= 15 is 0 Å². The third-order valence-corrected chi connectivity index (χ3v) is 2.73. The summed E-state index contributed by atoms with van der Waals surface area (Å²) in [6.45, 7) is 8.43. The van der Waals surface area contributed by atoms with Crippen LogP contribution in [0.15, 0.2) is 34.4 Å². The van der Waals surface area contributed by atoms with Gasteiger partial charge in [-0.1, -0.05) is 13.8 Å². The summed E-state index contributed by atoms with van der Waals surface area (Å²) in [4.78, 5) is 0. The zero-order valence-electron chi connectivity index (χ0n) is 11.9. The van der Waals surface area contributed by atoms with Crippen LogP contribution in [0.5, 0.6) is 0 Å². The predicted molar refractivity (Wildman–Crippen MR) is 69.8 cm³/mol. The van der Waals surface area contributed by atoms with E-state index in [1.807, 2.05) is 0 Å². The average molecular weight is 345 g/mol. The first-order chi connectivity index (χ1) is 7.61. The Balaban J connectivity index is -0.000000200. The molecule has 0 spiro atoms. The molecular formula is C15H22ClOZr. The molecule has 0 unspecified atom stereocenters. The van der Waals surface area contributed by atoms with Crippen molar-refractivity contribution in [2.24, 2.45) is 0 Å². The molecule has 0 atom stereocenters. The number of rotatable bonds is 0. The number of aliphatic hydroxyl groups excluding tert-OH is 1. The van der Waals surface area contributed by atoms with E-state index in [-0.39, 0.29) is 38.6 Å². The van der Waals surface area contributed by atoms with E-state index in [2.05, 4.69) is 52.0 Å². The van der Waals surface area contributed by atoms with E-state index < -0.39 is 0 Å². The van der Waals surface area contributed by atoms with Gasteiger partial charge in [-0.2, -0.15) is 12.2 Å². The van der Waals surface area contributed by atoms with Crippen LogP contribution in [0.1, 0.15) is 40.5 Å². The van der Waals surface area contributed by atoms with Gasteiger partial charge in [0.25, 0.3) is 0 Å². The molecule has 3 heteroatoms. The minimum Gasteiger partial charge on any atom is -1.00 e. The Labute approximate surface area is 137 Å². The maximum Gasteiger partial charge on any atom is 3.00 e. The Kier molecular flexibility index (Phi) is 17.4. The molecule has 0 bridgehead atoms. The zero-order valence-corrected chi connectivity index (χ0v) is 15.1. The Hall–Kier alpha value is 0.0931. The van der Waals surface area contributed by atoms with Crippen LogP contribution >= 0.6 is 0 Å². The van der Waals surface area contributed by atoms with E-state index in [9.17, 15) is 0 Å².